The minimum Gasteiger partial charge on any atom is -0.548 e. The molecule has 1 aliphatic rings. The van der Waals surface area contributed by atoms with Gasteiger partial charge in [0.2, 0.25) is 12.7 Å². The molecule has 0 aliphatic carbocycles. The van der Waals surface area contributed by atoms with E-state index < -0.39 is 23.8 Å². The predicted octanol–water partition coefficient (Wildman–Crippen LogP) is 0.500. The summed E-state index contributed by atoms with van der Waals surface area (Å²) in [7, 11) is 0. The summed E-state index contributed by atoms with van der Waals surface area (Å²) in [5.74, 6) is -1.64. The van der Waals surface area contributed by atoms with Gasteiger partial charge in [0.1, 0.15) is 5.70 Å². The number of carbonyl (C=O) groups excluding carboxylic acids is 3. The maximum Gasteiger partial charge on any atom is 0.268 e. The minimum atomic E-state index is -1.47. The van der Waals surface area contributed by atoms with Crippen LogP contribution in [0.15, 0.2) is 54.2 Å². The highest BCUT2D eigenvalue weighted by molar-refractivity contribution is 6.02. The zero-order valence-electron chi connectivity index (χ0n) is 14.9. The van der Waals surface area contributed by atoms with Gasteiger partial charge in [-0.3, -0.25) is 9.59 Å². The molecule has 0 unspecified atom stereocenters. The van der Waals surface area contributed by atoms with Crippen molar-refractivity contribution in [3.05, 3.63) is 65.4 Å². The molecular formula is C20H17N2O6-. The van der Waals surface area contributed by atoms with Gasteiger partial charge in [0.05, 0.1) is 12.0 Å². The Bertz CT molecular complexity index is 939. The molecule has 2 N–H and O–H groups in total. The van der Waals surface area contributed by atoms with E-state index in [2.05, 4.69) is 10.6 Å². The van der Waals surface area contributed by atoms with Gasteiger partial charge in [-0.25, -0.2) is 0 Å². The smallest absolute Gasteiger partial charge is 0.268 e. The number of ether oxygens (including phenoxy) is 2. The van der Waals surface area contributed by atoms with E-state index in [0.29, 0.717) is 22.6 Å². The Balaban J connectivity index is 1.87. The minimum absolute atomic E-state index is 0.103. The summed E-state index contributed by atoms with van der Waals surface area (Å²) in [6, 6.07) is 11.7. The molecule has 1 aliphatic heterocycles. The molecule has 0 bridgehead atoms. The molecule has 0 saturated carbocycles. The summed E-state index contributed by atoms with van der Waals surface area (Å²) >= 11 is 0. The number of carboxylic acids is 1. The van der Waals surface area contributed by atoms with E-state index in [4.69, 9.17) is 9.47 Å². The molecule has 28 heavy (non-hydrogen) atoms. The van der Waals surface area contributed by atoms with Gasteiger partial charge in [0, 0.05) is 6.92 Å². The topological polar surface area (TPSA) is 117 Å². The Morgan fingerprint density at radius 2 is 1.79 bits per heavy atom. The van der Waals surface area contributed by atoms with Crippen LogP contribution in [0.1, 0.15) is 24.1 Å². The van der Waals surface area contributed by atoms with Crippen LogP contribution < -0.4 is 25.2 Å². The number of amides is 2. The Kier molecular flexibility index (Phi) is 5.59. The molecule has 3 rings (SSSR count). The van der Waals surface area contributed by atoms with Crippen molar-refractivity contribution in [2.24, 2.45) is 0 Å². The van der Waals surface area contributed by atoms with Gasteiger partial charge in [0.25, 0.3) is 5.91 Å². The fourth-order valence-corrected chi connectivity index (χ4v) is 2.65. The average molecular weight is 381 g/mol. The van der Waals surface area contributed by atoms with Crippen molar-refractivity contribution >= 4 is 23.9 Å². The molecule has 1 heterocycles. The first-order chi connectivity index (χ1) is 13.4. The van der Waals surface area contributed by atoms with Crippen LogP contribution in [-0.4, -0.2) is 24.6 Å². The van der Waals surface area contributed by atoms with Crippen LogP contribution in [0.4, 0.5) is 0 Å². The van der Waals surface area contributed by atoms with Crippen molar-refractivity contribution < 1.29 is 29.0 Å². The van der Waals surface area contributed by atoms with Crippen LogP contribution in [0.3, 0.4) is 0 Å². The second-order valence-electron chi connectivity index (χ2n) is 5.99. The van der Waals surface area contributed by atoms with E-state index in [1.807, 2.05) is 0 Å². The molecular weight excluding hydrogens is 364 g/mol. The zero-order chi connectivity index (χ0) is 20.1. The van der Waals surface area contributed by atoms with Crippen molar-refractivity contribution in [1.82, 2.24) is 10.6 Å². The monoisotopic (exact) mass is 381 g/mol. The molecule has 0 saturated heterocycles. The molecule has 0 radical (unpaired) electrons. The van der Waals surface area contributed by atoms with E-state index in [-0.39, 0.29) is 12.5 Å². The fourth-order valence-electron chi connectivity index (χ4n) is 2.65. The van der Waals surface area contributed by atoms with Crippen molar-refractivity contribution in [1.29, 1.82) is 0 Å². The van der Waals surface area contributed by atoms with Gasteiger partial charge >= 0.3 is 0 Å². The summed E-state index contributed by atoms with van der Waals surface area (Å²) in [5, 5.41) is 16.3. The van der Waals surface area contributed by atoms with Gasteiger partial charge < -0.3 is 30.0 Å². The first kappa shape index (κ1) is 19.0. The molecule has 144 valence electrons. The lowest BCUT2D eigenvalue weighted by atomic mass is 10.1. The molecule has 2 aromatic carbocycles. The average Bonchev–Trinajstić information content (AvgIpc) is 3.13. The maximum absolute atomic E-state index is 12.7. The Labute approximate surface area is 160 Å². The second-order valence-corrected chi connectivity index (χ2v) is 5.99. The number of benzene rings is 2. The molecule has 8 nitrogen and oxygen atoms in total. The van der Waals surface area contributed by atoms with Gasteiger partial charge in [-0.05, 0) is 29.3 Å². The number of aliphatic carboxylic acids is 1. The van der Waals surface area contributed by atoms with Crippen molar-refractivity contribution in [3.63, 3.8) is 0 Å². The second kappa shape index (κ2) is 8.26. The van der Waals surface area contributed by atoms with E-state index in [9.17, 15) is 19.5 Å². The highest BCUT2D eigenvalue weighted by Crippen LogP contribution is 2.33. The number of rotatable bonds is 6. The molecule has 0 fully saturated rings. The van der Waals surface area contributed by atoms with Crippen LogP contribution >= 0.6 is 0 Å². The first-order valence-electron chi connectivity index (χ1n) is 8.39. The zero-order valence-corrected chi connectivity index (χ0v) is 14.9. The predicted molar refractivity (Wildman–Crippen MR) is 96.7 cm³/mol. The molecule has 0 aromatic heterocycles. The Morgan fingerprint density at radius 1 is 1.07 bits per heavy atom. The number of nitrogens with one attached hydrogen (secondary N) is 2. The van der Waals surface area contributed by atoms with Crippen molar-refractivity contribution in [3.8, 4) is 11.5 Å². The van der Waals surface area contributed by atoms with E-state index in [0.717, 1.165) is 0 Å². The highest BCUT2D eigenvalue weighted by Gasteiger charge is 2.20. The van der Waals surface area contributed by atoms with Crippen molar-refractivity contribution in [2.45, 2.75) is 13.0 Å². The largest absolute Gasteiger partial charge is 0.548 e. The van der Waals surface area contributed by atoms with Crippen LogP contribution in [0.25, 0.3) is 6.08 Å². The number of fused-ring (bicyclic) bond motifs is 1. The van der Waals surface area contributed by atoms with E-state index >= 15 is 0 Å². The Morgan fingerprint density at radius 3 is 2.46 bits per heavy atom. The first-order valence-corrected chi connectivity index (χ1v) is 8.39. The summed E-state index contributed by atoms with van der Waals surface area (Å²) in [6.45, 7) is 1.35. The van der Waals surface area contributed by atoms with Gasteiger partial charge in [0.15, 0.2) is 11.5 Å². The van der Waals surface area contributed by atoms with E-state index in [1.54, 1.807) is 48.5 Å². The normalized spacial score (nSPS) is 13.5. The molecule has 8 heteroatoms. The quantitative estimate of drug-likeness (QED) is 0.704. The lowest BCUT2D eigenvalue weighted by Crippen LogP contribution is -2.43. The SMILES string of the molecule is CC(=O)N/C(=C\c1ccc2c(c1)OCO2)C(=O)N[C@H](C(=O)[O-])c1ccccc1. The lowest BCUT2D eigenvalue weighted by Gasteiger charge is -2.21. The number of carbonyl (C=O) groups is 3. The number of hydrogen-bond acceptors (Lipinski definition) is 6. The molecule has 2 aromatic rings. The number of carboxylic acid groups (broad SMARTS) is 1. The molecule has 1 atom stereocenters. The maximum atomic E-state index is 12.7. The Hall–Kier alpha value is -3.81. The third-order valence-electron chi connectivity index (χ3n) is 3.91. The van der Waals surface area contributed by atoms with Gasteiger partial charge in [-0.1, -0.05) is 36.4 Å². The third kappa shape index (κ3) is 4.47. The van der Waals surface area contributed by atoms with Gasteiger partial charge in [-0.2, -0.15) is 0 Å². The summed E-state index contributed by atoms with van der Waals surface area (Å²) in [5.41, 5.74) is 0.794. The fraction of sp³-hybridized carbons (Fsp3) is 0.150. The third-order valence-corrected chi connectivity index (χ3v) is 3.91. The summed E-state index contributed by atoms with van der Waals surface area (Å²) < 4.78 is 10.5. The molecule has 2 amide bonds. The highest BCUT2D eigenvalue weighted by atomic mass is 16.7. The van der Waals surface area contributed by atoms with Crippen molar-refractivity contribution in [2.75, 3.05) is 6.79 Å². The van der Waals surface area contributed by atoms with Crippen LogP contribution in [-0.2, 0) is 14.4 Å². The lowest BCUT2D eigenvalue weighted by molar-refractivity contribution is -0.308. The molecule has 0 spiro atoms. The van der Waals surface area contributed by atoms with Crippen LogP contribution in [0.2, 0.25) is 0 Å². The standard InChI is InChI=1S/C20H18N2O6/c1-12(23)21-15(9-13-7-8-16-17(10-13)28-11-27-16)19(24)22-18(20(25)26)14-5-3-2-4-6-14/h2-10,18H,11H2,1H3,(H,21,23)(H,22,24)(H,25,26)/p-1/b15-9-/t18-/m0/s1. The van der Waals surface area contributed by atoms with Crippen LogP contribution in [0.5, 0.6) is 11.5 Å². The van der Waals surface area contributed by atoms with Crippen LogP contribution in [0, 0.1) is 0 Å². The van der Waals surface area contributed by atoms with E-state index in [1.165, 1.54) is 13.0 Å². The summed E-state index contributed by atoms with van der Waals surface area (Å²) in [4.78, 5) is 35.7. The van der Waals surface area contributed by atoms with Gasteiger partial charge in [-0.15, -0.1) is 0 Å². The number of hydrogen-bond donors (Lipinski definition) is 2. The summed E-state index contributed by atoms with van der Waals surface area (Å²) in [6.07, 6.45) is 1.41.